The fourth-order valence-electron chi connectivity index (χ4n) is 2.11. The summed E-state index contributed by atoms with van der Waals surface area (Å²) in [6, 6.07) is 2.58. The molecular formula is C15H20FN3O4. The van der Waals surface area contributed by atoms with Crippen LogP contribution in [-0.4, -0.2) is 52.3 Å². The number of amides is 1. The highest BCUT2D eigenvalue weighted by Crippen LogP contribution is 2.21. The van der Waals surface area contributed by atoms with Crippen molar-refractivity contribution >= 4 is 17.7 Å². The molecule has 1 saturated heterocycles. The van der Waals surface area contributed by atoms with Crippen LogP contribution in [0.25, 0.3) is 0 Å². The highest BCUT2D eigenvalue weighted by Gasteiger charge is 2.33. The zero-order chi connectivity index (χ0) is 17.2. The number of pyridine rings is 1. The zero-order valence-electron chi connectivity index (χ0n) is 13.3. The second kappa shape index (κ2) is 6.39. The van der Waals surface area contributed by atoms with Gasteiger partial charge in [-0.15, -0.1) is 0 Å². The van der Waals surface area contributed by atoms with E-state index in [-0.39, 0.29) is 23.4 Å². The smallest absolute Gasteiger partial charge is 0.410 e. The average Bonchev–Trinajstić information content (AvgIpc) is 2.36. The lowest BCUT2D eigenvalue weighted by Crippen LogP contribution is -2.53. The molecule has 0 radical (unpaired) electrons. The van der Waals surface area contributed by atoms with Crippen LogP contribution in [0.5, 0.6) is 0 Å². The van der Waals surface area contributed by atoms with Gasteiger partial charge in [-0.2, -0.15) is 4.39 Å². The van der Waals surface area contributed by atoms with Gasteiger partial charge in [-0.1, -0.05) is 0 Å². The van der Waals surface area contributed by atoms with E-state index in [1.54, 1.807) is 25.7 Å². The number of aromatic nitrogens is 1. The number of anilines is 1. The second-order valence-electron chi connectivity index (χ2n) is 6.47. The van der Waals surface area contributed by atoms with Crippen LogP contribution in [0.3, 0.4) is 0 Å². The van der Waals surface area contributed by atoms with E-state index in [9.17, 15) is 14.0 Å². The van der Waals surface area contributed by atoms with Gasteiger partial charge in [0.1, 0.15) is 5.60 Å². The van der Waals surface area contributed by atoms with Crippen LogP contribution in [-0.2, 0) is 4.74 Å². The van der Waals surface area contributed by atoms with E-state index < -0.39 is 17.5 Å². The maximum absolute atomic E-state index is 13.7. The minimum atomic E-state index is -1.28. The Morgan fingerprint density at radius 3 is 2.61 bits per heavy atom. The molecule has 0 saturated carbocycles. The Hall–Kier alpha value is -2.38. The first-order valence-electron chi connectivity index (χ1n) is 7.27. The molecule has 2 rings (SSSR count). The van der Waals surface area contributed by atoms with Crippen LogP contribution >= 0.6 is 0 Å². The van der Waals surface area contributed by atoms with Gasteiger partial charge in [0.15, 0.2) is 5.69 Å². The summed E-state index contributed by atoms with van der Waals surface area (Å²) in [4.78, 5) is 27.4. The highest BCUT2D eigenvalue weighted by molar-refractivity contribution is 5.85. The van der Waals surface area contributed by atoms with E-state index in [1.165, 1.54) is 12.1 Å². The van der Waals surface area contributed by atoms with Gasteiger partial charge in [0.05, 0.1) is 5.69 Å². The molecule has 23 heavy (non-hydrogen) atoms. The Kier molecular flexibility index (Phi) is 4.72. The topological polar surface area (TPSA) is 91.8 Å². The monoisotopic (exact) mass is 325 g/mol. The Balaban J connectivity index is 1.79. The van der Waals surface area contributed by atoms with E-state index >= 15 is 0 Å². The fourth-order valence-corrected chi connectivity index (χ4v) is 2.11. The van der Waals surface area contributed by atoms with Crippen LogP contribution in [0.4, 0.5) is 14.9 Å². The SMILES string of the molecule is CC(C)(C)OC(=O)N1CC(CNc2ccc(C(=O)O)nc2F)C1. The number of aromatic carboxylic acids is 1. The number of rotatable bonds is 4. The minimum absolute atomic E-state index is 0.144. The molecule has 0 unspecified atom stereocenters. The van der Waals surface area contributed by atoms with Crippen LogP contribution in [0.15, 0.2) is 12.1 Å². The van der Waals surface area contributed by atoms with Crippen molar-refractivity contribution in [3.63, 3.8) is 0 Å². The first kappa shape index (κ1) is 17.0. The van der Waals surface area contributed by atoms with Crippen LogP contribution in [0.2, 0.25) is 0 Å². The maximum Gasteiger partial charge on any atom is 0.410 e. The van der Waals surface area contributed by atoms with Crippen molar-refractivity contribution in [1.82, 2.24) is 9.88 Å². The minimum Gasteiger partial charge on any atom is -0.477 e. The molecule has 2 heterocycles. The standard InChI is InChI=1S/C15H20FN3O4/c1-15(2,3)23-14(22)19-7-9(8-19)6-17-10-4-5-11(13(20)21)18-12(10)16/h4-5,9,17H,6-8H2,1-3H3,(H,20,21). The van der Waals surface area contributed by atoms with Crippen LogP contribution < -0.4 is 5.32 Å². The molecule has 0 aromatic carbocycles. The largest absolute Gasteiger partial charge is 0.477 e. The van der Waals surface area contributed by atoms with E-state index in [0.29, 0.717) is 19.6 Å². The average molecular weight is 325 g/mol. The van der Waals surface area contributed by atoms with Gasteiger partial charge in [0, 0.05) is 25.6 Å². The predicted molar refractivity (Wildman–Crippen MR) is 80.9 cm³/mol. The van der Waals surface area contributed by atoms with Crippen molar-refractivity contribution < 1.29 is 23.8 Å². The van der Waals surface area contributed by atoms with E-state index in [2.05, 4.69) is 10.3 Å². The number of hydrogen-bond donors (Lipinski definition) is 2. The van der Waals surface area contributed by atoms with Crippen molar-refractivity contribution in [1.29, 1.82) is 0 Å². The molecule has 0 aliphatic carbocycles. The van der Waals surface area contributed by atoms with Gasteiger partial charge in [0.2, 0.25) is 5.95 Å². The number of carbonyl (C=O) groups excluding carboxylic acids is 1. The molecule has 1 aromatic heterocycles. The summed E-state index contributed by atoms with van der Waals surface area (Å²) in [5.41, 5.74) is -0.723. The molecule has 1 amide bonds. The molecule has 0 spiro atoms. The lowest BCUT2D eigenvalue weighted by Gasteiger charge is -2.39. The van der Waals surface area contributed by atoms with E-state index in [4.69, 9.17) is 9.84 Å². The zero-order valence-corrected chi connectivity index (χ0v) is 13.3. The summed E-state index contributed by atoms with van der Waals surface area (Å²) >= 11 is 0. The molecule has 1 aliphatic heterocycles. The number of ether oxygens (including phenoxy) is 1. The van der Waals surface area contributed by atoms with E-state index in [0.717, 1.165) is 0 Å². The molecular weight excluding hydrogens is 305 g/mol. The number of carboxylic acids is 1. The quantitative estimate of drug-likeness (QED) is 0.825. The Labute approximate surface area is 133 Å². The van der Waals surface area contributed by atoms with E-state index in [1.807, 2.05) is 0 Å². The van der Waals surface area contributed by atoms with Crippen molar-refractivity contribution in [2.45, 2.75) is 26.4 Å². The third-order valence-corrected chi connectivity index (χ3v) is 3.26. The summed E-state index contributed by atoms with van der Waals surface area (Å²) in [5, 5.41) is 11.6. The molecule has 0 bridgehead atoms. The number of carboxylic acid groups (broad SMARTS) is 1. The van der Waals surface area contributed by atoms with Gasteiger partial charge in [-0.25, -0.2) is 14.6 Å². The summed E-state index contributed by atoms with van der Waals surface area (Å²) < 4.78 is 18.9. The van der Waals surface area contributed by atoms with Crippen molar-refractivity contribution in [3.8, 4) is 0 Å². The molecule has 0 atom stereocenters. The van der Waals surface area contributed by atoms with Crippen molar-refractivity contribution in [2.24, 2.45) is 5.92 Å². The third kappa shape index (κ3) is 4.54. The highest BCUT2D eigenvalue weighted by atomic mass is 19.1. The number of carbonyl (C=O) groups is 2. The van der Waals surface area contributed by atoms with Gasteiger partial charge in [-0.05, 0) is 32.9 Å². The molecule has 7 nitrogen and oxygen atoms in total. The maximum atomic E-state index is 13.7. The van der Waals surface area contributed by atoms with Gasteiger partial charge < -0.3 is 20.1 Å². The molecule has 1 aliphatic rings. The number of hydrogen-bond acceptors (Lipinski definition) is 5. The Morgan fingerprint density at radius 2 is 2.09 bits per heavy atom. The van der Waals surface area contributed by atoms with Crippen molar-refractivity contribution in [3.05, 3.63) is 23.8 Å². The van der Waals surface area contributed by atoms with Crippen LogP contribution in [0.1, 0.15) is 31.3 Å². The van der Waals surface area contributed by atoms with Gasteiger partial charge in [-0.3, -0.25) is 0 Å². The summed E-state index contributed by atoms with van der Waals surface area (Å²) in [6.45, 7) is 6.94. The fraction of sp³-hybridized carbons (Fsp3) is 0.533. The first-order chi connectivity index (χ1) is 10.7. The Bertz CT molecular complexity index is 609. The summed E-state index contributed by atoms with van der Waals surface area (Å²) in [6.07, 6.45) is -0.354. The number of likely N-dealkylation sites (tertiary alicyclic amines) is 1. The summed E-state index contributed by atoms with van der Waals surface area (Å²) in [5.74, 6) is -1.95. The van der Waals surface area contributed by atoms with Crippen molar-refractivity contribution in [2.75, 3.05) is 25.0 Å². The van der Waals surface area contributed by atoms with Gasteiger partial charge in [0.25, 0.3) is 0 Å². The Morgan fingerprint density at radius 1 is 1.43 bits per heavy atom. The number of nitrogens with zero attached hydrogens (tertiary/aromatic N) is 2. The van der Waals surface area contributed by atoms with Crippen LogP contribution in [0, 0.1) is 11.9 Å². The molecule has 1 fully saturated rings. The third-order valence-electron chi connectivity index (χ3n) is 3.26. The lowest BCUT2D eigenvalue weighted by molar-refractivity contribution is 0.000823. The molecule has 8 heteroatoms. The lowest BCUT2D eigenvalue weighted by atomic mass is 10.0. The predicted octanol–water partition coefficient (Wildman–Crippen LogP) is 2.20. The number of halogens is 1. The number of nitrogens with one attached hydrogen (secondary N) is 1. The van der Waals surface area contributed by atoms with Gasteiger partial charge >= 0.3 is 12.1 Å². The molecule has 2 N–H and O–H groups in total. The second-order valence-corrected chi connectivity index (χ2v) is 6.47. The first-order valence-corrected chi connectivity index (χ1v) is 7.27. The normalized spacial score (nSPS) is 15.0. The summed E-state index contributed by atoms with van der Waals surface area (Å²) in [7, 11) is 0. The molecule has 126 valence electrons. The molecule has 1 aromatic rings.